The Morgan fingerprint density at radius 3 is 2.27 bits per heavy atom. The van der Waals surface area contributed by atoms with Crippen molar-refractivity contribution < 1.29 is 19.1 Å². The molecule has 0 bridgehead atoms. The van der Waals surface area contributed by atoms with E-state index >= 15 is 0 Å². The van der Waals surface area contributed by atoms with Crippen LogP contribution in [0.3, 0.4) is 0 Å². The molecule has 0 fully saturated rings. The van der Waals surface area contributed by atoms with Crippen LogP contribution in [0.1, 0.15) is 6.42 Å². The molecule has 0 radical (unpaired) electrons. The van der Waals surface area contributed by atoms with Gasteiger partial charge < -0.3 is 9.47 Å². The van der Waals surface area contributed by atoms with Crippen molar-refractivity contribution in [3.63, 3.8) is 0 Å². The number of hydrogen-bond acceptors (Lipinski definition) is 4. The van der Waals surface area contributed by atoms with E-state index in [0.717, 1.165) is 0 Å². The van der Waals surface area contributed by atoms with Crippen LogP contribution in [0.4, 0.5) is 0 Å². The van der Waals surface area contributed by atoms with E-state index < -0.39 is 11.9 Å². The first-order valence-electron chi connectivity index (χ1n) is 4.41. The summed E-state index contributed by atoms with van der Waals surface area (Å²) in [6.07, 6.45) is 5.54. The molecule has 0 amide bonds. The molecule has 0 aromatic carbocycles. The monoisotopic (exact) mass is 210 g/mol. The molecule has 82 valence electrons. The van der Waals surface area contributed by atoms with Gasteiger partial charge in [-0.05, 0) is 0 Å². The Kier molecular flexibility index (Phi) is 7.67. The summed E-state index contributed by atoms with van der Waals surface area (Å²) in [4.78, 5) is 21.8. The fraction of sp³-hybridized carbons (Fsp3) is 0.273. The molecule has 0 heterocycles. The second-order valence-electron chi connectivity index (χ2n) is 2.50. The van der Waals surface area contributed by atoms with E-state index in [4.69, 9.17) is 0 Å². The third-order valence-electron chi connectivity index (χ3n) is 1.24. The summed E-state index contributed by atoms with van der Waals surface area (Å²) < 4.78 is 9.32. The van der Waals surface area contributed by atoms with Crippen LogP contribution in [0.25, 0.3) is 0 Å². The molecule has 0 aromatic rings. The number of hydrogen-bond donors (Lipinski definition) is 0. The minimum atomic E-state index is -0.508. The zero-order valence-corrected chi connectivity index (χ0v) is 8.48. The maximum atomic E-state index is 10.9. The molecule has 0 unspecified atom stereocenters. The van der Waals surface area contributed by atoms with Crippen LogP contribution >= 0.6 is 0 Å². The number of carbonyl (C=O) groups is 2. The van der Waals surface area contributed by atoms with Gasteiger partial charge in [0.1, 0.15) is 13.2 Å². The van der Waals surface area contributed by atoms with Crippen molar-refractivity contribution in [3.05, 3.63) is 37.5 Å². The lowest BCUT2D eigenvalue weighted by Crippen LogP contribution is -2.03. The average molecular weight is 210 g/mol. The van der Waals surface area contributed by atoms with Crippen LogP contribution < -0.4 is 0 Å². The minimum absolute atomic E-state index is 0.0387. The van der Waals surface area contributed by atoms with Crippen molar-refractivity contribution in [1.29, 1.82) is 0 Å². The van der Waals surface area contributed by atoms with Gasteiger partial charge in [-0.2, -0.15) is 0 Å². The van der Waals surface area contributed by atoms with Gasteiger partial charge in [-0.15, -0.1) is 0 Å². The van der Waals surface area contributed by atoms with Gasteiger partial charge in [0, 0.05) is 6.08 Å². The molecule has 0 saturated carbocycles. The standard InChI is InChI=1S/C11H14O4/c1-3-8-14-10(12)6-5-7-11(13)15-9-4-2/h3-6H,1-2,7-9H2. The summed E-state index contributed by atoms with van der Waals surface area (Å²) in [7, 11) is 0. The quantitative estimate of drug-likeness (QED) is 0.362. The van der Waals surface area contributed by atoms with Gasteiger partial charge in [0.2, 0.25) is 0 Å². The molecule has 0 N–H and O–H groups in total. The summed E-state index contributed by atoms with van der Waals surface area (Å²) in [5, 5.41) is 0. The molecule has 0 aliphatic heterocycles. The number of rotatable bonds is 7. The first-order valence-corrected chi connectivity index (χ1v) is 4.41. The molecular formula is C11H14O4. The van der Waals surface area contributed by atoms with E-state index in [1.807, 2.05) is 0 Å². The van der Waals surface area contributed by atoms with Gasteiger partial charge in [0.05, 0.1) is 6.42 Å². The van der Waals surface area contributed by atoms with Crippen LogP contribution in [0.15, 0.2) is 37.5 Å². The lowest BCUT2D eigenvalue weighted by atomic mass is 10.4. The van der Waals surface area contributed by atoms with Gasteiger partial charge in [0.25, 0.3) is 0 Å². The minimum Gasteiger partial charge on any atom is -0.461 e. The molecule has 4 heteroatoms. The third-order valence-corrected chi connectivity index (χ3v) is 1.24. The summed E-state index contributed by atoms with van der Waals surface area (Å²) >= 11 is 0. The van der Waals surface area contributed by atoms with Crippen molar-refractivity contribution >= 4 is 11.9 Å². The van der Waals surface area contributed by atoms with Crippen LogP contribution in [0.5, 0.6) is 0 Å². The lowest BCUT2D eigenvalue weighted by molar-refractivity contribution is -0.141. The topological polar surface area (TPSA) is 52.6 Å². The van der Waals surface area contributed by atoms with E-state index in [2.05, 4.69) is 22.6 Å². The van der Waals surface area contributed by atoms with Crippen molar-refractivity contribution in [1.82, 2.24) is 0 Å². The maximum absolute atomic E-state index is 10.9. The first kappa shape index (κ1) is 13.2. The molecule has 0 aliphatic rings. The summed E-state index contributed by atoms with van der Waals surface area (Å²) in [5.74, 6) is -0.922. The zero-order valence-electron chi connectivity index (χ0n) is 8.48. The molecular weight excluding hydrogens is 196 g/mol. The SMILES string of the molecule is C=CCOC(=O)C=CCC(=O)OCC=C. The fourth-order valence-electron chi connectivity index (χ4n) is 0.651. The smallest absolute Gasteiger partial charge is 0.330 e. The highest BCUT2D eigenvalue weighted by molar-refractivity contribution is 5.83. The predicted octanol–water partition coefficient (Wildman–Crippen LogP) is 1.39. The maximum Gasteiger partial charge on any atom is 0.330 e. The van der Waals surface area contributed by atoms with Crippen LogP contribution in [0.2, 0.25) is 0 Å². The van der Waals surface area contributed by atoms with E-state index in [1.54, 1.807) is 0 Å². The van der Waals surface area contributed by atoms with Gasteiger partial charge in [-0.3, -0.25) is 4.79 Å². The molecule has 15 heavy (non-hydrogen) atoms. The zero-order chi connectivity index (χ0) is 11.5. The molecule has 0 aromatic heterocycles. The Morgan fingerprint density at radius 2 is 1.67 bits per heavy atom. The molecule has 4 nitrogen and oxygen atoms in total. The number of esters is 2. The van der Waals surface area contributed by atoms with Crippen molar-refractivity contribution in [2.45, 2.75) is 6.42 Å². The van der Waals surface area contributed by atoms with Crippen LogP contribution in [-0.4, -0.2) is 25.2 Å². The molecule has 0 saturated heterocycles. The first-order chi connectivity index (χ1) is 7.20. The largest absolute Gasteiger partial charge is 0.461 e. The van der Waals surface area contributed by atoms with Crippen molar-refractivity contribution in [2.75, 3.05) is 13.2 Å². The Bertz CT molecular complexity index is 266. The second kappa shape index (κ2) is 8.74. The number of carbonyl (C=O) groups excluding carboxylic acids is 2. The lowest BCUT2D eigenvalue weighted by Gasteiger charge is -1.97. The summed E-state index contributed by atoms with van der Waals surface area (Å²) in [6, 6.07) is 0. The van der Waals surface area contributed by atoms with E-state index in [9.17, 15) is 9.59 Å². The Labute approximate surface area is 88.9 Å². The van der Waals surface area contributed by atoms with E-state index in [-0.39, 0.29) is 19.6 Å². The Morgan fingerprint density at radius 1 is 1.07 bits per heavy atom. The van der Waals surface area contributed by atoms with Gasteiger partial charge in [0.15, 0.2) is 0 Å². The van der Waals surface area contributed by atoms with E-state index in [1.165, 1.54) is 24.3 Å². The van der Waals surface area contributed by atoms with Gasteiger partial charge in [-0.1, -0.05) is 31.4 Å². The molecule has 0 atom stereocenters. The van der Waals surface area contributed by atoms with Crippen molar-refractivity contribution in [2.24, 2.45) is 0 Å². The highest BCUT2D eigenvalue weighted by Crippen LogP contribution is 1.90. The number of ether oxygens (including phenoxy) is 2. The van der Waals surface area contributed by atoms with Crippen LogP contribution in [0, 0.1) is 0 Å². The molecule has 0 aliphatic carbocycles. The Hall–Kier alpha value is -1.84. The van der Waals surface area contributed by atoms with Gasteiger partial charge in [-0.25, -0.2) is 4.79 Å². The fourth-order valence-corrected chi connectivity index (χ4v) is 0.651. The summed E-state index contributed by atoms with van der Waals surface area (Å²) in [5.41, 5.74) is 0. The molecule has 0 spiro atoms. The Balaban J connectivity index is 3.68. The van der Waals surface area contributed by atoms with E-state index in [0.29, 0.717) is 0 Å². The molecule has 0 rings (SSSR count). The predicted molar refractivity (Wildman–Crippen MR) is 56.1 cm³/mol. The summed E-state index contributed by atoms with van der Waals surface area (Å²) in [6.45, 7) is 7.12. The average Bonchev–Trinajstić information content (AvgIpc) is 2.23. The third kappa shape index (κ3) is 8.49. The second-order valence-corrected chi connectivity index (χ2v) is 2.50. The van der Waals surface area contributed by atoms with Crippen LogP contribution in [-0.2, 0) is 19.1 Å². The van der Waals surface area contributed by atoms with Crippen molar-refractivity contribution in [3.8, 4) is 0 Å². The highest BCUT2D eigenvalue weighted by atomic mass is 16.5. The normalized spacial score (nSPS) is 9.60. The highest BCUT2D eigenvalue weighted by Gasteiger charge is 1.98. The van der Waals surface area contributed by atoms with Gasteiger partial charge >= 0.3 is 11.9 Å².